The van der Waals surface area contributed by atoms with Gasteiger partial charge in [-0.05, 0) is 25.0 Å². The van der Waals surface area contributed by atoms with Crippen LogP contribution in [0, 0.1) is 0 Å². The van der Waals surface area contributed by atoms with Gasteiger partial charge >= 0.3 is 6.03 Å². The zero-order valence-corrected chi connectivity index (χ0v) is 10.5. The number of rotatable bonds is 10. The Labute approximate surface area is 107 Å². The molecule has 0 aliphatic heterocycles. The van der Waals surface area contributed by atoms with E-state index in [-0.39, 0.29) is 17.6 Å². The lowest BCUT2D eigenvalue weighted by Gasteiger charge is -2.06. The van der Waals surface area contributed by atoms with Gasteiger partial charge in [0.15, 0.2) is 11.6 Å². The molecule has 0 aliphatic carbocycles. The Hall–Kier alpha value is -1.91. The second-order valence-corrected chi connectivity index (χ2v) is 3.73. The molecule has 0 rings (SSSR count). The van der Waals surface area contributed by atoms with Gasteiger partial charge in [0, 0.05) is 25.9 Å². The molecule has 0 aliphatic rings. The SMILES string of the molecule is C=CC(=O)CCCNC(=O)NCCCC(=O)C=C. The number of ketones is 2. The van der Waals surface area contributed by atoms with Crippen molar-refractivity contribution >= 4 is 17.6 Å². The number of nitrogens with one attached hydrogen (secondary N) is 2. The molecule has 0 radical (unpaired) electrons. The molecule has 0 aromatic carbocycles. The Kier molecular flexibility index (Phi) is 9.17. The van der Waals surface area contributed by atoms with Crippen molar-refractivity contribution in [1.29, 1.82) is 0 Å². The summed E-state index contributed by atoms with van der Waals surface area (Å²) < 4.78 is 0. The maximum atomic E-state index is 11.2. The molecule has 0 bridgehead atoms. The highest BCUT2D eigenvalue weighted by atomic mass is 16.2. The molecular formula is C13H20N2O3. The zero-order valence-electron chi connectivity index (χ0n) is 10.5. The van der Waals surface area contributed by atoms with Gasteiger partial charge in [0.25, 0.3) is 0 Å². The second kappa shape index (κ2) is 10.3. The second-order valence-electron chi connectivity index (χ2n) is 3.73. The fraction of sp³-hybridized carbons (Fsp3) is 0.462. The van der Waals surface area contributed by atoms with Gasteiger partial charge in [0.05, 0.1) is 0 Å². The van der Waals surface area contributed by atoms with Crippen LogP contribution in [0.3, 0.4) is 0 Å². The van der Waals surface area contributed by atoms with Gasteiger partial charge in [-0.3, -0.25) is 9.59 Å². The highest BCUT2D eigenvalue weighted by Gasteiger charge is 2.01. The standard InChI is InChI=1S/C13H20N2O3/c1-3-11(16)7-5-9-14-13(18)15-10-6-8-12(17)4-2/h3-4H,1-2,5-10H2,(H2,14,15,18). The molecule has 0 aromatic rings. The topological polar surface area (TPSA) is 75.3 Å². The first-order chi connectivity index (χ1) is 8.60. The average Bonchev–Trinajstić information content (AvgIpc) is 2.38. The minimum Gasteiger partial charge on any atom is -0.338 e. The number of hydrogen-bond donors (Lipinski definition) is 2. The van der Waals surface area contributed by atoms with Crippen LogP contribution in [0.1, 0.15) is 25.7 Å². The van der Waals surface area contributed by atoms with E-state index in [0.29, 0.717) is 38.8 Å². The van der Waals surface area contributed by atoms with E-state index in [2.05, 4.69) is 23.8 Å². The first-order valence-electron chi connectivity index (χ1n) is 5.92. The monoisotopic (exact) mass is 252 g/mol. The van der Waals surface area contributed by atoms with E-state index in [0.717, 1.165) is 0 Å². The van der Waals surface area contributed by atoms with Crippen LogP contribution in [0.15, 0.2) is 25.3 Å². The summed E-state index contributed by atoms with van der Waals surface area (Å²) >= 11 is 0. The van der Waals surface area contributed by atoms with E-state index in [4.69, 9.17) is 0 Å². The van der Waals surface area contributed by atoms with Crippen molar-refractivity contribution in [3.8, 4) is 0 Å². The first-order valence-corrected chi connectivity index (χ1v) is 5.92. The summed E-state index contributed by atoms with van der Waals surface area (Å²) in [7, 11) is 0. The third kappa shape index (κ3) is 9.33. The van der Waals surface area contributed by atoms with Crippen molar-refractivity contribution in [3.05, 3.63) is 25.3 Å². The molecule has 5 heteroatoms. The van der Waals surface area contributed by atoms with Crippen molar-refractivity contribution in [2.75, 3.05) is 13.1 Å². The molecule has 18 heavy (non-hydrogen) atoms. The smallest absolute Gasteiger partial charge is 0.314 e. The normalized spacial score (nSPS) is 9.33. The van der Waals surface area contributed by atoms with Crippen molar-refractivity contribution in [3.63, 3.8) is 0 Å². The lowest BCUT2D eigenvalue weighted by Crippen LogP contribution is -2.36. The van der Waals surface area contributed by atoms with Crippen LogP contribution in [-0.4, -0.2) is 30.7 Å². The van der Waals surface area contributed by atoms with E-state index < -0.39 is 0 Å². The van der Waals surface area contributed by atoms with Gasteiger partial charge in [0.2, 0.25) is 0 Å². The van der Waals surface area contributed by atoms with Crippen molar-refractivity contribution in [2.45, 2.75) is 25.7 Å². The number of amides is 2. The predicted molar refractivity (Wildman–Crippen MR) is 70.3 cm³/mol. The van der Waals surface area contributed by atoms with Crippen LogP contribution in [0.4, 0.5) is 4.79 Å². The van der Waals surface area contributed by atoms with Gasteiger partial charge in [-0.1, -0.05) is 13.2 Å². The van der Waals surface area contributed by atoms with Gasteiger partial charge in [-0.15, -0.1) is 0 Å². The van der Waals surface area contributed by atoms with Crippen LogP contribution in [-0.2, 0) is 9.59 Å². The van der Waals surface area contributed by atoms with Crippen LogP contribution in [0.25, 0.3) is 0 Å². The van der Waals surface area contributed by atoms with Gasteiger partial charge in [0.1, 0.15) is 0 Å². The molecule has 0 spiro atoms. The summed E-state index contributed by atoms with van der Waals surface area (Å²) in [6.45, 7) is 7.61. The first kappa shape index (κ1) is 16.1. The highest BCUT2D eigenvalue weighted by Crippen LogP contribution is 1.91. The largest absolute Gasteiger partial charge is 0.338 e. The summed E-state index contributed by atoms with van der Waals surface area (Å²) in [6.07, 6.45) is 4.50. The summed E-state index contributed by atoms with van der Waals surface area (Å²) in [5.41, 5.74) is 0. The van der Waals surface area contributed by atoms with Gasteiger partial charge in [-0.25, -0.2) is 4.79 Å². The number of carbonyl (C=O) groups is 3. The van der Waals surface area contributed by atoms with E-state index >= 15 is 0 Å². The third-order valence-corrected chi connectivity index (χ3v) is 2.23. The maximum Gasteiger partial charge on any atom is 0.314 e. The molecule has 0 fully saturated rings. The van der Waals surface area contributed by atoms with Gasteiger partial charge < -0.3 is 10.6 Å². The molecule has 0 unspecified atom stereocenters. The van der Waals surface area contributed by atoms with Crippen molar-refractivity contribution in [1.82, 2.24) is 10.6 Å². The fourth-order valence-electron chi connectivity index (χ4n) is 1.20. The average molecular weight is 252 g/mol. The Morgan fingerprint density at radius 2 is 1.22 bits per heavy atom. The quantitative estimate of drug-likeness (QED) is 0.455. The molecule has 2 amide bonds. The van der Waals surface area contributed by atoms with Crippen LogP contribution >= 0.6 is 0 Å². The molecular weight excluding hydrogens is 232 g/mol. The Bertz CT molecular complexity index is 294. The molecule has 0 aromatic heterocycles. The summed E-state index contributed by atoms with van der Waals surface area (Å²) in [5, 5.41) is 5.25. The predicted octanol–water partition coefficient (Wildman–Crippen LogP) is 1.36. The number of hydrogen-bond acceptors (Lipinski definition) is 3. The van der Waals surface area contributed by atoms with Crippen molar-refractivity contribution in [2.24, 2.45) is 0 Å². The molecule has 0 heterocycles. The molecule has 100 valence electrons. The fourth-order valence-corrected chi connectivity index (χ4v) is 1.20. The summed E-state index contributed by atoms with van der Waals surface area (Å²) in [4.78, 5) is 33.0. The van der Waals surface area contributed by atoms with Gasteiger partial charge in [-0.2, -0.15) is 0 Å². The highest BCUT2D eigenvalue weighted by molar-refractivity contribution is 5.89. The molecule has 0 saturated carbocycles. The van der Waals surface area contributed by atoms with Crippen LogP contribution in [0.5, 0.6) is 0 Å². The van der Waals surface area contributed by atoms with Crippen LogP contribution in [0.2, 0.25) is 0 Å². The molecule has 2 N–H and O–H groups in total. The third-order valence-electron chi connectivity index (χ3n) is 2.23. The molecule has 0 saturated heterocycles. The lowest BCUT2D eigenvalue weighted by atomic mass is 10.2. The summed E-state index contributed by atoms with van der Waals surface area (Å²) in [6, 6.07) is -0.285. The number of urea groups is 1. The minimum atomic E-state index is -0.285. The summed E-state index contributed by atoms with van der Waals surface area (Å²) in [5.74, 6) is -0.0553. The minimum absolute atomic E-state index is 0.0276. The number of carbonyl (C=O) groups excluding carboxylic acids is 3. The zero-order chi connectivity index (χ0) is 13.8. The van der Waals surface area contributed by atoms with E-state index in [1.807, 2.05) is 0 Å². The molecule has 0 atom stereocenters. The Morgan fingerprint density at radius 1 is 0.833 bits per heavy atom. The lowest BCUT2D eigenvalue weighted by molar-refractivity contribution is -0.115. The van der Waals surface area contributed by atoms with E-state index in [9.17, 15) is 14.4 Å². The van der Waals surface area contributed by atoms with Crippen LogP contribution < -0.4 is 10.6 Å². The van der Waals surface area contributed by atoms with E-state index in [1.165, 1.54) is 12.2 Å². The van der Waals surface area contributed by atoms with E-state index in [1.54, 1.807) is 0 Å². The molecule has 5 nitrogen and oxygen atoms in total. The Morgan fingerprint density at radius 3 is 1.56 bits per heavy atom. The number of allylic oxidation sites excluding steroid dienone is 2. The van der Waals surface area contributed by atoms with Crippen molar-refractivity contribution < 1.29 is 14.4 Å². The maximum absolute atomic E-state index is 11.2. The Balaban J connectivity index is 3.43.